The van der Waals surface area contributed by atoms with Crippen LogP contribution in [0.4, 0.5) is 5.69 Å². The fourth-order valence-electron chi connectivity index (χ4n) is 4.52. The largest absolute Gasteiger partial charge is 0.371 e. The van der Waals surface area contributed by atoms with Crippen LogP contribution in [0.15, 0.2) is 54.9 Å². The van der Waals surface area contributed by atoms with Crippen molar-refractivity contribution in [2.24, 2.45) is 17.8 Å². The third kappa shape index (κ3) is 4.69. The predicted molar refractivity (Wildman–Crippen MR) is 119 cm³/mol. The standard InChI is InChI=1S/C25H31N3O/c1-25(2,3)19-7-4-8-20(14-19)28-16-22-21(23(22)17-28)11-13-27-24(29)10-9-18-6-5-12-26-15-18/h4-10,12,14-15,21-23H,11,13,16-17H2,1-3H3,(H,27,29)/b10-9+/t21-,22-,23+. The van der Waals surface area contributed by atoms with Crippen LogP contribution in [0.1, 0.15) is 38.3 Å². The molecule has 1 N–H and O–H groups in total. The highest BCUT2D eigenvalue weighted by molar-refractivity contribution is 5.91. The summed E-state index contributed by atoms with van der Waals surface area (Å²) in [6, 6.07) is 12.8. The van der Waals surface area contributed by atoms with Gasteiger partial charge in [-0.2, -0.15) is 0 Å². The van der Waals surface area contributed by atoms with E-state index in [0.717, 1.165) is 49.4 Å². The zero-order valence-electron chi connectivity index (χ0n) is 17.6. The molecule has 0 unspecified atom stereocenters. The molecule has 1 aromatic carbocycles. The number of pyridine rings is 1. The van der Waals surface area contributed by atoms with Gasteiger partial charge in [0.15, 0.2) is 0 Å². The Labute approximate surface area is 174 Å². The zero-order chi connectivity index (χ0) is 20.4. The molecule has 2 fully saturated rings. The van der Waals surface area contributed by atoms with E-state index in [1.54, 1.807) is 24.5 Å². The van der Waals surface area contributed by atoms with Crippen molar-refractivity contribution in [3.05, 3.63) is 66.0 Å². The summed E-state index contributed by atoms with van der Waals surface area (Å²) in [4.78, 5) is 18.6. The minimum absolute atomic E-state index is 0.0275. The number of carbonyl (C=O) groups excluding carboxylic acids is 1. The molecule has 1 aliphatic carbocycles. The van der Waals surface area contributed by atoms with E-state index in [1.807, 2.05) is 12.1 Å². The van der Waals surface area contributed by atoms with Gasteiger partial charge >= 0.3 is 0 Å². The van der Waals surface area contributed by atoms with Gasteiger partial charge in [-0.1, -0.05) is 39.0 Å². The number of hydrogen-bond donors (Lipinski definition) is 1. The number of fused-ring (bicyclic) bond motifs is 1. The smallest absolute Gasteiger partial charge is 0.244 e. The van der Waals surface area contributed by atoms with Gasteiger partial charge in [0.1, 0.15) is 0 Å². The molecule has 0 bridgehead atoms. The maximum atomic E-state index is 12.0. The molecule has 1 aliphatic heterocycles. The monoisotopic (exact) mass is 389 g/mol. The Balaban J connectivity index is 1.20. The number of piperidine rings is 1. The number of carbonyl (C=O) groups is 1. The number of aromatic nitrogens is 1. The van der Waals surface area contributed by atoms with Gasteiger partial charge in [-0.25, -0.2) is 0 Å². The van der Waals surface area contributed by atoms with Crippen molar-refractivity contribution in [1.29, 1.82) is 0 Å². The van der Waals surface area contributed by atoms with Gasteiger partial charge in [0.2, 0.25) is 5.91 Å². The summed E-state index contributed by atoms with van der Waals surface area (Å²) in [6.45, 7) is 9.86. The molecule has 1 amide bonds. The first-order valence-electron chi connectivity index (χ1n) is 10.6. The number of amides is 1. The van der Waals surface area contributed by atoms with Gasteiger partial charge in [-0.3, -0.25) is 9.78 Å². The average molecular weight is 390 g/mol. The van der Waals surface area contributed by atoms with E-state index in [4.69, 9.17) is 0 Å². The third-order valence-corrected chi connectivity index (χ3v) is 6.34. The minimum Gasteiger partial charge on any atom is -0.371 e. The molecule has 152 valence electrons. The average Bonchev–Trinajstić information content (AvgIpc) is 3.15. The van der Waals surface area contributed by atoms with E-state index in [9.17, 15) is 4.79 Å². The van der Waals surface area contributed by atoms with Crippen LogP contribution in [0.3, 0.4) is 0 Å². The van der Waals surface area contributed by atoms with Crippen LogP contribution in [-0.2, 0) is 10.2 Å². The number of nitrogens with zero attached hydrogens (tertiary/aromatic N) is 2. The van der Waals surface area contributed by atoms with Crippen molar-refractivity contribution in [2.45, 2.75) is 32.6 Å². The normalized spacial score (nSPS) is 23.3. The molecule has 4 nitrogen and oxygen atoms in total. The predicted octanol–water partition coefficient (Wildman–Crippen LogP) is 4.28. The summed E-state index contributed by atoms with van der Waals surface area (Å²) in [5.41, 5.74) is 3.88. The van der Waals surface area contributed by atoms with Gasteiger partial charge in [0, 0.05) is 43.8 Å². The van der Waals surface area contributed by atoms with Crippen LogP contribution in [0, 0.1) is 17.8 Å². The molecular weight excluding hydrogens is 358 g/mol. The maximum absolute atomic E-state index is 12.0. The van der Waals surface area contributed by atoms with Crippen LogP contribution in [0.2, 0.25) is 0 Å². The molecule has 1 saturated carbocycles. The van der Waals surface area contributed by atoms with Crippen molar-refractivity contribution in [3.63, 3.8) is 0 Å². The van der Waals surface area contributed by atoms with Crippen molar-refractivity contribution in [2.75, 3.05) is 24.5 Å². The van der Waals surface area contributed by atoms with Gasteiger partial charge in [-0.15, -0.1) is 0 Å². The highest BCUT2D eigenvalue weighted by Gasteiger charge is 2.54. The first-order chi connectivity index (χ1) is 13.9. The molecule has 2 heterocycles. The van der Waals surface area contributed by atoms with Crippen molar-refractivity contribution >= 4 is 17.7 Å². The molecule has 1 aromatic heterocycles. The molecule has 0 spiro atoms. The fourth-order valence-corrected chi connectivity index (χ4v) is 4.52. The molecular formula is C25H31N3O. The van der Waals surface area contributed by atoms with E-state index in [0.29, 0.717) is 0 Å². The quantitative estimate of drug-likeness (QED) is 0.750. The Morgan fingerprint density at radius 3 is 2.69 bits per heavy atom. The Hall–Kier alpha value is -2.62. The molecule has 2 aromatic rings. The lowest BCUT2D eigenvalue weighted by atomic mass is 9.87. The number of nitrogens with one attached hydrogen (secondary N) is 1. The van der Waals surface area contributed by atoms with Gasteiger partial charge < -0.3 is 10.2 Å². The summed E-state index contributed by atoms with van der Waals surface area (Å²) in [7, 11) is 0. The van der Waals surface area contributed by atoms with E-state index in [-0.39, 0.29) is 11.3 Å². The Morgan fingerprint density at radius 2 is 2.00 bits per heavy atom. The summed E-state index contributed by atoms with van der Waals surface area (Å²) < 4.78 is 0. The first kappa shape index (κ1) is 19.7. The lowest BCUT2D eigenvalue weighted by molar-refractivity contribution is -0.116. The summed E-state index contributed by atoms with van der Waals surface area (Å²) >= 11 is 0. The Kier molecular flexibility index (Phi) is 5.44. The van der Waals surface area contributed by atoms with E-state index < -0.39 is 0 Å². The lowest BCUT2D eigenvalue weighted by Gasteiger charge is -2.25. The molecule has 2 aliphatic rings. The van der Waals surface area contributed by atoms with E-state index >= 15 is 0 Å². The second-order valence-corrected chi connectivity index (χ2v) is 9.40. The van der Waals surface area contributed by atoms with Crippen LogP contribution in [0.25, 0.3) is 6.08 Å². The highest BCUT2D eigenvalue weighted by Crippen LogP contribution is 2.54. The van der Waals surface area contributed by atoms with Gasteiger partial charge in [0.05, 0.1) is 0 Å². The van der Waals surface area contributed by atoms with Crippen LogP contribution < -0.4 is 10.2 Å². The molecule has 4 heteroatoms. The topological polar surface area (TPSA) is 45.2 Å². The molecule has 4 rings (SSSR count). The van der Waals surface area contributed by atoms with Gasteiger partial charge in [-0.05, 0) is 65.0 Å². The number of rotatable bonds is 6. The third-order valence-electron chi connectivity index (χ3n) is 6.34. The lowest BCUT2D eigenvalue weighted by Crippen LogP contribution is -2.27. The Morgan fingerprint density at radius 1 is 1.21 bits per heavy atom. The molecule has 29 heavy (non-hydrogen) atoms. The van der Waals surface area contributed by atoms with Crippen LogP contribution in [0.5, 0.6) is 0 Å². The summed E-state index contributed by atoms with van der Waals surface area (Å²) in [6.07, 6.45) is 7.95. The second kappa shape index (κ2) is 8.02. The number of anilines is 1. The van der Waals surface area contributed by atoms with Crippen LogP contribution in [-0.4, -0.2) is 30.5 Å². The maximum Gasteiger partial charge on any atom is 0.244 e. The first-order valence-corrected chi connectivity index (χ1v) is 10.6. The Bertz CT molecular complexity index is 872. The van der Waals surface area contributed by atoms with E-state index in [2.05, 4.69) is 60.2 Å². The van der Waals surface area contributed by atoms with Crippen molar-refractivity contribution < 1.29 is 4.79 Å². The molecule has 0 radical (unpaired) electrons. The molecule has 3 atom stereocenters. The summed E-state index contributed by atoms with van der Waals surface area (Å²) in [5, 5.41) is 3.02. The van der Waals surface area contributed by atoms with Crippen molar-refractivity contribution in [3.8, 4) is 0 Å². The number of hydrogen-bond acceptors (Lipinski definition) is 3. The summed E-state index contributed by atoms with van der Waals surface area (Å²) in [5.74, 6) is 2.31. The van der Waals surface area contributed by atoms with Crippen LogP contribution >= 0.6 is 0 Å². The number of benzene rings is 1. The SMILES string of the molecule is CC(C)(C)c1cccc(N2C[C@@H]3[C@@H](CCNC(=O)/C=C/c4cccnc4)[C@@H]3C2)c1. The minimum atomic E-state index is -0.0275. The van der Waals surface area contributed by atoms with Crippen molar-refractivity contribution in [1.82, 2.24) is 10.3 Å². The van der Waals surface area contributed by atoms with Gasteiger partial charge in [0.25, 0.3) is 0 Å². The zero-order valence-corrected chi connectivity index (χ0v) is 17.6. The highest BCUT2D eigenvalue weighted by atomic mass is 16.1. The molecule has 1 saturated heterocycles. The fraction of sp³-hybridized carbons (Fsp3) is 0.440. The second-order valence-electron chi connectivity index (χ2n) is 9.40. The van der Waals surface area contributed by atoms with E-state index in [1.165, 1.54) is 11.3 Å².